The molecule has 1 saturated carbocycles. The van der Waals surface area contributed by atoms with Crippen LogP contribution in [0.4, 0.5) is 27.6 Å². The van der Waals surface area contributed by atoms with Crippen molar-refractivity contribution in [3.8, 4) is 11.8 Å². The van der Waals surface area contributed by atoms with Crippen LogP contribution in [0.5, 0.6) is 11.8 Å². The van der Waals surface area contributed by atoms with Crippen LogP contribution in [0.2, 0.25) is 0 Å². The van der Waals surface area contributed by atoms with Gasteiger partial charge in [0.05, 0.1) is 6.04 Å². The lowest BCUT2D eigenvalue weighted by Crippen LogP contribution is -2.43. The Morgan fingerprint density at radius 2 is 1.69 bits per heavy atom. The van der Waals surface area contributed by atoms with E-state index in [0.717, 1.165) is 37.1 Å². The van der Waals surface area contributed by atoms with Crippen LogP contribution in [0.3, 0.4) is 0 Å². The molecule has 192 valence electrons. The topological polar surface area (TPSA) is 56.1 Å². The fraction of sp³-hybridized carbons (Fsp3) is 0.480. The maximum absolute atomic E-state index is 13.6. The van der Waals surface area contributed by atoms with Crippen molar-refractivity contribution in [1.29, 1.82) is 0 Å². The van der Waals surface area contributed by atoms with E-state index in [1.807, 2.05) is 18.7 Å². The second kappa shape index (κ2) is 9.33. The molecule has 1 aromatic carbocycles. The third-order valence-electron chi connectivity index (χ3n) is 7.02. The highest BCUT2D eigenvalue weighted by Crippen LogP contribution is 2.45. The molecule has 0 amide bonds. The summed E-state index contributed by atoms with van der Waals surface area (Å²) >= 11 is 0. The molecule has 3 heterocycles. The van der Waals surface area contributed by atoms with Gasteiger partial charge < -0.3 is 9.64 Å². The Kier molecular flexibility index (Phi) is 6.34. The smallest absolute Gasteiger partial charge is 0.424 e. The third-order valence-corrected chi connectivity index (χ3v) is 7.02. The molecule has 1 aliphatic carbocycles. The number of halogens is 5. The lowest BCUT2D eigenvalue weighted by molar-refractivity contribution is -0.141. The molecule has 0 radical (unpaired) electrons. The summed E-state index contributed by atoms with van der Waals surface area (Å²) < 4.78 is 73.9. The van der Waals surface area contributed by atoms with E-state index >= 15 is 0 Å². The van der Waals surface area contributed by atoms with Crippen LogP contribution >= 0.6 is 0 Å². The Morgan fingerprint density at radius 3 is 2.31 bits per heavy atom. The molecule has 6 nitrogen and oxygen atoms in total. The van der Waals surface area contributed by atoms with Crippen LogP contribution in [0.25, 0.3) is 0 Å². The Labute approximate surface area is 205 Å². The first-order valence-electron chi connectivity index (χ1n) is 11.9. The summed E-state index contributed by atoms with van der Waals surface area (Å²) in [6.45, 7) is 5.12. The van der Waals surface area contributed by atoms with Crippen LogP contribution in [-0.2, 0) is 12.6 Å². The lowest BCUT2D eigenvalue weighted by Gasteiger charge is -2.39. The number of anilines is 1. The average Bonchev–Trinajstić information content (AvgIpc) is 3.28. The quantitative estimate of drug-likeness (QED) is 0.381. The third kappa shape index (κ3) is 5.01. The minimum Gasteiger partial charge on any atom is -0.424 e. The highest BCUT2D eigenvalue weighted by atomic mass is 19.4. The summed E-state index contributed by atoms with van der Waals surface area (Å²) in [5.74, 6) is -0.0570. The highest BCUT2D eigenvalue weighted by molar-refractivity contribution is 5.48. The molecule has 5 rings (SSSR count). The van der Waals surface area contributed by atoms with E-state index in [1.165, 1.54) is 6.20 Å². The van der Waals surface area contributed by atoms with Crippen molar-refractivity contribution >= 4 is 5.69 Å². The molecule has 1 aliphatic heterocycles. The molecule has 0 N–H and O–H groups in total. The van der Waals surface area contributed by atoms with E-state index < -0.39 is 23.5 Å². The normalized spacial score (nSPS) is 21.9. The summed E-state index contributed by atoms with van der Waals surface area (Å²) in [6, 6.07) is 5.75. The second-order valence-electron chi connectivity index (χ2n) is 9.82. The molecule has 11 heteroatoms. The molecule has 3 atom stereocenters. The van der Waals surface area contributed by atoms with Crippen LogP contribution in [-0.4, -0.2) is 32.8 Å². The zero-order chi connectivity index (χ0) is 25.6. The summed E-state index contributed by atoms with van der Waals surface area (Å²) in [7, 11) is 0. The second-order valence-corrected chi connectivity index (χ2v) is 9.82. The highest BCUT2D eigenvalue weighted by Gasteiger charge is 2.43. The fourth-order valence-corrected chi connectivity index (χ4v) is 5.40. The zero-order valence-electron chi connectivity index (χ0n) is 19.8. The first kappa shape index (κ1) is 24.5. The number of fused-ring (bicyclic) bond motifs is 2. The molecular formula is C25H26F5N5O. The Balaban J connectivity index is 1.32. The van der Waals surface area contributed by atoms with Gasteiger partial charge in [-0.1, -0.05) is 0 Å². The van der Waals surface area contributed by atoms with Gasteiger partial charge in [0.1, 0.15) is 23.1 Å². The van der Waals surface area contributed by atoms with Crippen molar-refractivity contribution in [2.24, 2.45) is 17.8 Å². The molecule has 36 heavy (non-hydrogen) atoms. The maximum Gasteiger partial charge on any atom is 0.433 e. The first-order chi connectivity index (χ1) is 17.1. The van der Waals surface area contributed by atoms with E-state index in [4.69, 9.17) is 4.74 Å². The number of rotatable bonds is 6. The molecule has 1 unspecified atom stereocenters. The molecule has 1 saturated heterocycles. The number of hydrogen-bond donors (Lipinski definition) is 0. The van der Waals surface area contributed by atoms with Gasteiger partial charge in [-0.2, -0.15) is 23.3 Å². The Bertz CT molecular complexity index is 1210. The van der Waals surface area contributed by atoms with Crippen molar-refractivity contribution in [3.63, 3.8) is 0 Å². The number of nitrogens with zero attached hydrogens (tertiary/aromatic N) is 5. The predicted octanol–water partition coefficient (Wildman–Crippen LogP) is 6.05. The van der Waals surface area contributed by atoms with Gasteiger partial charge in [0.15, 0.2) is 5.82 Å². The number of pyridine rings is 1. The summed E-state index contributed by atoms with van der Waals surface area (Å²) in [4.78, 5) is 10.0. The van der Waals surface area contributed by atoms with E-state index in [2.05, 4.69) is 15.1 Å². The molecule has 2 bridgehead atoms. The molecule has 0 spiro atoms. The standard InChI is InChI=1S/C25H26F5N5O/c1-14(2)35-24(36-20-8-17(26)7-18(27)9-20)32-23(33-35)11-21-15-3-4-16(21)13-34(12-15)19-5-6-31-22(10-19)25(28,29)30/h5-10,14-16,21H,3-4,11-13H2,1-2H3/t15-,16+,21?. The Morgan fingerprint density at radius 1 is 1.03 bits per heavy atom. The van der Waals surface area contributed by atoms with Gasteiger partial charge in [-0.25, -0.2) is 13.5 Å². The predicted molar refractivity (Wildman–Crippen MR) is 122 cm³/mol. The van der Waals surface area contributed by atoms with Gasteiger partial charge in [-0.3, -0.25) is 4.98 Å². The minimum absolute atomic E-state index is 0.00250. The van der Waals surface area contributed by atoms with Crippen molar-refractivity contribution in [2.75, 3.05) is 18.0 Å². The van der Waals surface area contributed by atoms with Gasteiger partial charge in [-0.15, -0.1) is 0 Å². The van der Waals surface area contributed by atoms with Crippen molar-refractivity contribution in [2.45, 2.75) is 45.3 Å². The van der Waals surface area contributed by atoms with Gasteiger partial charge in [-0.05, 0) is 56.6 Å². The number of ether oxygens (including phenoxy) is 1. The van der Waals surface area contributed by atoms with Crippen LogP contribution in [0.1, 0.15) is 44.2 Å². The van der Waals surface area contributed by atoms with E-state index in [0.29, 0.717) is 42.9 Å². The van der Waals surface area contributed by atoms with Crippen LogP contribution in [0.15, 0.2) is 36.5 Å². The SMILES string of the molecule is CC(C)n1nc(CC2[C@@H]3CC[C@H]2CN(c2ccnc(C(F)(F)F)c2)C3)nc1Oc1cc(F)cc(F)c1. The molecule has 2 aromatic heterocycles. The van der Waals surface area contributed by atoms with Crippen molar-refractivity contribution in [3.05, 3.63) is 59.7 Å². The largest absolute Gasteiger partial charge is 0.433 e. The van der Waals surface area contributed by atoms with E-state index in [1.54, 1.807) is 10.7 Å². The monoisotopic (exact) mass is 507 g/mol. The Hall–Kier alpha value is -3.24. The average molecular weight is 508 g/mol. The number of piperidine rings is 1. The number of alkyl halides is 3. The van der Waals surface area contributed by atoms with Crippen molar-refractivity contribution in [1.82, 2.24) is 19.7 Å². The summed E-state index contributed by atoms with van der Waals surface area (Å²) in [5.41, 5.74) is -0.350. The zero-order valence-corrected chi connectivity index (χ0v) is 19.8. The molecule has 2 fully saturated rings. The van der Waals surface area contributed by atoms with Crippen molar-refractivity contribution < 1.29 is 26.7 Å². The van der Waals surface area contributed by atoms with Gasteiger partial charge >= 0.3 is 12.2 Å². The summed E-state index contributed by atoms with van der Waals surface area (Å²) in [5, 5.41) is 4.60. The molecular weight excluding hydrogens is 481 g/mol. The molecule has 2 aliphatic rings. The van der Waals surface area contributed by atoms with Gasteiger partial charge in [0, 0.05) is 49.6 Å². The number of hydrogen-bond acceptors (Lipinski definition) is 5. The first-order valence-corrected chi connectivity index (χ1v) is 11.9. The van der Waals surface area contributed by atoms with Gasteiger partial charge in [0.25, 0.3) is 0 Å². The molecule has 3 aromatic rings. The maximum atomic E-state index is 13.6. The van der Waals surface area contributed by atoms with Crippen LogP contribution in [0, 0.1) is 29.4 Å². The van der Waals surface area contributed by atoms with E-state index in [9.17, 15) is 22.0 Å². The fourth-order valence-electron chi connectivity index (χ4n) is 5.40. The minimum atomic E-state index is -4.48. The van der Waals surface area contributed by atoms with E-state index in [-0.39, 0.29) is 23.7 Å². The lowest BCUT2D eigenvalue weighted by atomic mass is 9.82. The van der Waals surface area contributed by atoms with Gasteiger partial charge in [0.2, 0.25) is 0 Å². The van der Waals surface area contributed by atoms with Crippen LogP contribution < -0.4 is 9.64 Å². The summed E-state index contributed by atoms with van der Waals surface area (Å²) in [6.07, 6.45) is -0.702. The number of aromatic nitrogens is 4. The number of benzene rings is 1.